The highest BCUT2D eigenvalue weighted by Crippen LogP contribution is 2.43. The highest BCUT2D eigenvalue weighted by molar-refractivity contribution is 6.29. The number of piperidine rings is 1. The number of aromatic nitrogens is 3. The number of carbonyl (C=O) groups is 4. The Labute approximate surface area is 216 Å². The summed E-state index contributed by atoms with van der Waals surface area (Å²) < 4.78 is 5.99. The number of anilines is 2. The summed E-state index contributed by atoms with van der Waals surface area (Å²) in [5, 5.41) is 10.3. The van der Waals surface area contributed by atoms with Crippen molar-refractivity contribution in [3.8, 4) is 0 Å². The number of pyridine rings is 1. The van der Waals surface area contributed by atoms with E-state index in [0.29, 0.717) is 22.4 Å². The van der Waals surface area contributed by atoms with E-state index in [1.807, 2.05) is 0 Å². The van der Waals surface area contributed by atoms with Crippen LogP contribution in [0.5, 0.6) is 0 Å². The van der Waals surface area contributed by atoms with Crippen molar-refractivity contribution in [2.24, 2.45) is 11.7 Å². The fourth-order valence-corrected chi connectivity index (χ4v) is 5.46. The molecule has 2 fully saturated rings. The van der Waals surface area contributed by atoms with Crippen LogP contribution in [-0.2, 0) is 20.9 Å². The number of ether oxygens (including phenoxy) is 1. The lowest BCUT2D eigenvalue weighted by atomic mass is 9.97. The standard InChI is InChI=1S/C24H24ClN7O5/c1-37-24(36)27-13-6-8-15-16(10-13)31(30-20(15)22(26)34)11-19(33)32-14-7-5-12(9-14)21(32)23(35)29-18-4-2-3-17(25)28-18/h2-4,6,8,10,12,14,21H,5,7,9,11H2,1H3,(H2,26,34)(H,27,36)(H,28,29,35)/t12-,14+,21-/m0/s1. The SMILES string of the molecule is COC(=O)Nc1ccc2c(C(N)=O)nn(CC(=O)N3[C@@H]4CC[C@@H](C4)[C@H]3C(=O)Nc3cccc(Cl)n3)c2c1. The monoisotopic (exact) mass is 525 g/mol. The number of nitrogens with one attached hydrogen (secondary N) is 2. The van der Waals surface area contributed by atoms with Gasteiger partial charge in [-0.25, -0.2) is 9.78 Å². The molecule has 3 atom stereocenters. The molecule has 3 aromatic rings. The molecule has 12 nitrogen and oxygen atoms in total. The van der Waals surface area contributed by atoms with Gasteiger partial charge in [-0.05, 0) is 55.5 Å². The maximum Gasteiger partial charge on any atom is 0.411 e. The van der Waals surface area contributed by atoms with Gasteiger partial charge in [0.2, 0.25) is 11.8 Å². The fourth-order valence-electron chi connectivity index (χ4n) is 5.30. The minimum atomic E-state index is -0.753. The van der Waals surface area contributed by atoms with Gasteiger partial charge in [0.05, 0.1) is 12.6 Å². The lowest BCUT2D eigenvalue weighted by molar-refractivity contribution is -0.141. The molecule has 2 bridgehead atoms. The van der Waals surface area contributed by atoms with E-state index in [2.05, 4.69) is 25.5 Å². The van der Waals surface area contributed by atoms with Crippen molar-refractivity contribution in [1.29, 1.82) is 0 Å². The maximum absolute atomic E-state index is 13.6. The second-order valence-corrected chi connectivity index (χ2v) is 9.41. The molecule has 0 radical (unpaired) electrons. The topological polar surface area (TPSA) is 162 Å². The summed E-state index contributed by atoms with van der Waals surface area (Å²) in [6.45, 7) is -0.228. The third-order valence-electron chi connectivity index (χ3n) is 6.81. The quantitative estimate of drug-likeness (QED) is 0.416. The maximum atomic E-state index is 13.6. The van der Waals surface area contributed by atoms with Crippen LogP contribution in [0.1, 0.15) is 29.8 Å². The predicted octanol–water partition coefficient (Wildman–Crippen LogP) is 2.38. The Morgan fingerprint density at radius 1 is 1.16 bits per heavy atom. The lowest BCUT2D eigenvalue weighted by Gasteiger charge is -2.34. The molecule has 1 saturated heterocycles. The van der Waals surface area contributed by atoms with Crippen LogP contribution < -0.4 is 16.4 Å². The normalized spacial score (nSPS) is 20.2. The molecule has 192 valence electrons. The first-order valence-corrected chi connectivity index (χ1v) is 12.0. The molecule has 0 unspecified atom stereocenters. The number of methoxy groups -OCH3 is 1. The van der Waals surface area contributed by atoms with Crippen LogP contribution in [0.3, 0.4) is 0 Å². The van der Waals surface area contributed by atoms with E-state index in [0.717, 1.165) is 19.3 Å². The second kappa shape index (κ2) is 9.69. The Morgan fingerprint density at radius 3 is 2.70 bits per heavy atom. The number of halogens is 1. The first-order chi connectivity index (χ1) is 17.7. The highest BCUT2D eigenvalue weighted by Gasteiger charge is 2.51. The lowest BCUT2D eigenvalue weighted by Crippen LogP contribution is -2.52. The van der Waals surface area contributed by atoms with Gasteiger partial charge in [-0.1, -0.05) is 17.7 Å². The van der Waals surface area contributed by atoms with Gasteiger partial charge < -0.3 is 20.7 Å². The number of hydrogen-bond donors (Lipinski definition) is 3. The van der Waals surface area contributed by atoms with E-state index in [-0.39, 0.29) is 41.2 Å². The number of hydrogen-bond acceptors (Lipinski definition) is 7. The van der Waals surface area contributed by atoms with E-state index in [1.54, 1.807) is 41.3 Å². The van der Waals surface area contributed by atoms with Gasteiger partial charge >= 0.3 is 6.09 Å². The highest BCUT2D eigenvalue weighted by atomic mass is 35.5. The molecule has 2 aliphatic rings. The Balaban J connectivity index is 1.42. The first kappa shape index (κ1) is 24.5. The van der Waals surface area contributed by atoms with Crippen molar-refractivity contribution in [1.82, 2.24) is 19.7 Å². The fraction of sp³-hybridized carbons (Fsp3) is 0.333. The van der Waals surface area contributed by atoms with Crippen LogP contribution in [0.15, 0.2) is 36.4 Å². The molecule has 1 aliphatic carbocycles. The number of carbonyl (C=O) groups excluding carboxylic acids is 4. The number of rotatable bonds is 6. The Kier molecular flexibility index (Phi) is 6.42. The summed E-state index contributed by atoms with van der Waals surface area (Å²) >= 11 is 5.94. The summed E-state index contributed by atoms with van der Waals surface area (Å²) in [5.74, 6) is -1.07. The summed E-state index contributed by atoms with van der Waals surface area (Å²) in [4.78, 5) is 56.2. The Bertz CT molecular complexity index is 1420. The van der Waals surface area contributed by atoms with Crippen molar-refractivity contribution < 1.29 is 23.9 Å². The molecule has 1 saturated carbocycles. The average Bonchev–Trinajstić information content (AvgIpc) is 3.57. The van der Waals surface area contributed by atoms with Crippen LogP contribution in [0, 0.1) is 5.92 Å². The number of primary amides is 1. The van der Waals surface area contributed by atoms with Crippen LogP contribution in [-0.4, -0.2) is 62.7 Å². The van der Waals surface area contributed by atoms with Gasteiger partial charge in [0.25, 0.3) is 5.91 Å². The van der Waals surface area contributed by atoms with Gasteiger partial charge in [-0.3, -0.25) is 24.4 Å². The van der Waals surface area contributed by atoms with Gasteiger partial charge in [0, 0.05) is 17.1 Å². The Hall–Kier alpha value is -4.19. The van der Waals surface area contributed by atoms with Crippen molar-refractivity contribution in [2.75, 3.05) is 17.7 Å². The van der Waals surface area contributed by atoms with Crippen LogP contribution >= 0.6 is 11.6 Å². The van der Waals surface area contributed by atoms with Gasteiger partial charge in [-0.2, -0.15) is 5.10 Å². The first-order valence-electron chi connectivity index (χ1n) is 11.6. The second-order valence-electron chi connectivity index (χ2n) is 9.03. The van der Waals surface area contributed by atoms with E-state index in [1.165, 1.54) is 11.8 Å². The smallest absolute Gasteiger partial charge is 0.411 e. The summed E-state index contributed by atoms with van der Waals surface area (Å²) in [7, 11) is 1.24. The number of likely N-dealkylation sites (tertiary alicyclic amines) is 1. The molecule has 2 aromatic heterocycles. The zero-order valence-electron chi connectivity index (χ0n) is 19.8. The third-order valence-corrected chi connectivity index (χ3v) is 7.02. The third kappa shape index (κ3) is 4.67. The molecule has 37 heavy (non-hydrogen) atoms. The molecular weight excluding hydrogens is 502 g/mol. The predicted molar refractivity (Wildman–Crippen MR) is 134 cm³/mol. The van der Waals surface area contributed by atoms with E-state index in [4.69, 9.17) is 17.3 Å². The van der Waals surface area contributed by atoms with Crippen LogP contribution in [0.25, 0.3) is 10.9 Å². The van der Waals surface area contributed by atoms with E-state index >= 15 is 0 Å². The summed E-state index contributed by atoms with van der Waals surface area (Å²) in [5.41, 5.74) is 6.32. The zero-order valence-corrected chi connectivity index (χ0v) is 20.6. The molecular formula is C24H24ClN7O5. The average molecular weight is 526 g/mol. The van der Waals surface area contributed by atoms with E-state index in [9.17, 15) is 19.2 Å². The summed E-state index contributed by atoms with van der Waals surface area (Å²) in [6.07, 6.45) is 1.70. The van der Waals surface area contributed by atoms with E-state index < -0.39 is 18.0 Å². The van der Waals surface area contributed by atoms with Crippen molar-refractivity contribution >= 4 is 57.8 Å². The zero-order chi connectivity index (χ0) is 26.3. The minimum absolute atomic E-state index is 0.00307. The molecule has 5 rings (SSSR count). The van der Waals surface area contributed by atoms with Crippen molar-refractivity contribution in [3.63, 3.8) is 0 Å². The number of fused-ring (bicyclic) bond motifs is 3. The number of nitrogens with zero attached hydrogens (tertiary/aromatic N) is 4. The molecule has 4 amide bonds. The number of amides is 4. The number of benzene rings is 1. The van der Waals surface area contributed by atoms with Gasteiger partial charge in [-0.15, -0.1) is 0 Å². The molecule has 13 heteroatoms. The van der Waals surface area contributed by atoms with Crippen molar-refractivity contribution in [2.45, 2.75) is 37.9 Å². The molecule has 0 spiro atoms. The number of nitrogens with two attached hydrogens (primary N) is 1. The molecule has 1 aromatic carbocycles. The van der Waals surface area contributed by atoms with Gasteiger partial charge in [0.15, 0.2) is 5.69 Å². The largest absolute Gasteiger partial charge is 0.453 e. The minimum Gasteiger partial charge on any atom is -0.453 e. The van der Waals surface area contributed by atoms with Crippen LogP contribution in [0.4, 0.5) is 16.3 Å². The molecule has 3 heterocycles. The molecule has 4 N–H and O–H groups in total. The van der Waals surface area contributed by atoms with Crippen molar-refractivity contribution in [3.05, 3.63) is 47.2 Å². The van der Waals surface area contributed by atoms with Crippen LogP contribution in [0.2, 0.25) is 5.15 Å². The summed E-state index contributed by atoms with van der Waals surface area (Å²) in [6, 6.07) is 8.90. The Morgan fingerprint density at radius 2 is 1.97 bits per heavy atom. The molecule has 1 aliphatic heterocycles. The van der Waals surface area contributed by atoms with Gasteiger partial charge in [0.1, 0.15) is 23.6 Å².